The fourth-order valence-electron chi connectivity index (χ4n) is 1.60. The summed E-state index contributed by atoms with van der Waals surface area (Å²) in [5.41, 5.74) is 4.39. The first kappa shape index (κ1) is 13.5. The van der Waals surface area contributed by atoms with Crippen molar-refractivity contribution in [2.75, 3.05) is 5.01 Å². The van der Waals surface area contributed by atoms with Gasteiger partial charge >= 0.3 is 5.37 Å². The summed E-state index contributed by atoms with van der Waals surface area (Å²) < 4.78 is 12.8. The summed E-state index contributed by atoms with van der Waals surface area (Å²) in [7, 11) is 0. The van der Waals surface area contributed by atoms with Crippen LogP contribution >= 0.6 is 11.6 Å². The number of rotatable bonds is 4. The number of carbonyl (C=O) groups excluding carboxylic acids is 1. The van der Waals surface area contributed by atoms with Crippen LogP contribution in [0.2, 0.25) is 0 Å². The second-order valence-electron chi connectivity index (χ2n) is 3.89. The largest absolute Gasteiger partial charge is 0.335 e. The fraction of sp³-hybridized carbons (Fsp3) is 0.0714. The monoisotopic (exact) mass is 278 g/mol. The predicted octanol–water partition coefficient (Wildman–Crippen LogP) is 3.70. The number of hydrogen-bond donors (Lipinski definition) is 1. The highest BCUT2D eigenvalue weighted by Gasteiger charge is 2.12. The number of hydrazine groups is 1. The van der Waals surface area contributed by atoms with Gasteiger partial charge in [0, 0.05) is 6.54 Å². The lowest BCUT2D eigenvalue weighted by Crippen LogP contribution is -2.39. The summed E-state index contributed by atoms with van der Waals surface area (Å²) in [6.07, 6.45) is 0. The van der Waals surface area contributed by atoms with Gasteiger partial charge in [0.15, 0.2) is 0 Å². The molecule has 2 aromatic carbocycles. The molecule has 19 heavy (non-hydrogen) atoms. The molecule has 2 rings (SSSR count). The highest BCUT2D eigenvalue weighted by Crippen LogP contribution is 2.13. The Morgan fingerprint density at radius 3 is 2.32 bits per heavy atom. The summed E-state index contributed by atoms with van der Waals surface area (Å²) in [4.78, 5) is 11.4. The van der Waals surface area contributed by atoms with E-state index < -0.39 is 5.37 Å². The summed E-state index contributed by atoms with van der Waals surface area (Å²) in [5.74, 6) is -0.294. The lowest BCUT2D eigenvalue weighted by Gasteiger charge is -2.20. The van der Waals surface area contributed by atoms with E-state index >= 15 is 0 Å². The Balaban J connectivity index is 2.06. The Kier molecular flexibility index (Phi) is 4.49. The Morgan fingerprint density at radius 2 is 1.74 bits per heavy atom. The Morgan fingerprint density at radius 1 is 1.11 bits per heavy atom. The van der Waals surface area contributed by atoms with Crippen molar-refractivity contribution in [2.45, 2.75) is 6.54 Å². The molecule has 98 valence electrons. The van der Waals surface area contributed by atoms with Crippen LogP contribution in [0, 0.1) is 5.82 Å². The smallest absolute Gasteiger partial charge is 0.254 e. The number of carbonyl (C=O) groups is 1. The summed E-state index contributed by atoms with van der Waals surface area (Å²) in [6, 6.07) is 15.0. The molecule has 2 aromatic rings. The average molecular weight is 279 g/mol. The zero-order chi connectivity index (χ0) is 13.7. The van der Waals surface area contributed by atoms with Gasteiger partial charge in [-0.1, -0.05) is 30.3 Å². The summed E-state index contributed by atoms with van der Waals surface area (Å²) in [5, 5.41) is 0.610. The van der Waals surface area contributed by atoms with Crippen LogP contribution in [0.3, 0.4) is 0 Å². The predicted molar refractivity (Wildman–Crippen MR) is 73.4 cm³/mol. The van der Waals surface area contributed by atoms with E-state index in [9.17, 15) is 9.18 Å². The van der Waals surface area contributed by atoms with Crippen molar-refractivity contribution in [2.24, 2.45) is 0 Å². The summed E-state index contributed by atoms with van der Waals surface area (Å²) >= 11 is 5.53. The number of nitrogens with one attached hydrogen (secondary N) is 1. The first-order valence-electron chi connectivity index (χ1n) is 5.69. The third-order valence-corrected chi connectivity index (χ3v) is 2.71. The molecule has 0 aliphatic heterocycles. The lowest BCUT2D eigenvalue weighted by atomic mass is 10.2. The molecular weight excluding hydrogens is 267 g/mol. The maximum atomic E-state index is 12.8. The van der Waals surface area contributed by atoms with Gasteiger partial charge < -0.3 is 0 Å². The molecule has 0 aliphatic rings. The van der Waals surface area contributed by atoms with E-state index in [0.29, 0.717) is 12.2 Å². The fourth-order valence-corrected chi connectivity index (χ4v) is 1.76. The van der Waals surface area contributed by atoms with Crippen LogP contribution in [0.5, 0.6) is 0 Å². The van der Waals surface area contributed by atoms with E-state index in [4.69, 9.17) is 11.6 Å². The minimum Gasteiger partial charge on any atom is -0.254 e. The molecule has 0 radical (unpaired) electrons. The van der Waals surface area contributed by atoms with Gasteiger partial charge in [0.25, 0.3) is 0 Å². The van der Waals surface area contributed by atoms with Gasteiger partial charge in [0.1, 0.15) is 5.82 Å². The van der Waals surface area contributed by atoms with Gasteiger partial charge in [0.05, 0.1) is 5.69 Å². The lowest BCUT2D eigenvalue weighted by molar-refractivity contribution is 0.261. The van der Waals surface area contributed by atoms with Crippen molar-refractivity contribution in [3.05, 3.63) is 66.0 Å². The van der Waals surface area contributed by atoms with Crippen LogP contribution in [0.4, 0.5) is 14.9 Å². The van der Waals surface area contributed by atoms with Gasteiger partial charge in [-0.15, -0.1) is 0 Å². The molecule has 0 saturated carbocycles. The maximum Gasteiger partial charge on any atom is 0.335 e. The second kappa shape index (κ2) is 6.31. The van der Waals surface area contributed by atoms with Gasteiger partial charge in [-0.3, -0.25) is 4.79 Å². The molecule has 0 aromatic heterocycles. The topological polar surface area (TPSA) is 32.3 Å². The molecular formula is C14H12ClFN2O. The molecule has 0 heterocycles. The average Bonchev–Trinajstić information content (AvgIpc) is 2.42. The quantitative estimate of drug-likeness (QED) is 0.525. The maximum absolute atomic E-state index is 12.8. The van der Waals surface area contributed by atoms with Gasteiger partial charge in [-0.2, -0.15) is 0 Å². The van der Waals surface area contributed by atoms with E-state index in [0.717, 1.165) is 5.56 Å². The first-order valence-corrected chi connectivity index (χ1v) is 6.07. The number of halogens is 2. The molecule has 0 spiro atoms. The first-order chi connectivity index (χ1) is 9.16. The number of amides is 1. The molecule has 0 aliphatic carbocycles. The van der Waals surface area contributed by atoms with Crippen molar-refractivity contribution >= 4 is 22.7 Å². The highest BCUT2D eigenvalue weighted by atomic mass is 35.5. The number of nitrogens with zero attached hydrogens (tertiary/aromatic N) is 1. The molecule has 1 amide bonds. The van der Waals surface area contributed by atoms with Crippen molar-refractivity contribution < 1.29 is 9.18 Å². The molecule has 0 bridgehead atoms. The standard InChI is InChI=1S/C14H12ClFN2O/c15-14(19)18(13-4-2-1-3-5-13)17-10-11-6-8-12(16)9-7-11/h1-9,17H,10H2. The van der Waals surface area contributed by atoms with Crippen LogP contribution in [0.25, 0.3) is 0 Å². The SMILES string of the molecule is O=C(Cl)N(NCc1ccc(F)cc1)c1ccccc1. The van der Waals surface area contributed by atoms with Gasteiger partial charge in [0.2, 0.25) is 0 Å². The van der Waals surface area contributed by atoms with Crippen LogP contribution in [0.15, 0.2) is 54.6 Å². The van der Waals surface area contributed by atoms with E-state index in [2.05, 4.69) is 5.43 Å². The van der Waals surface area contributed by atoms with Crippen LogP contribution in [0.1, 0.15) is 5.56 Å². The summed E-state index contributed by atoms with van der Waals surface area (Å²) in [6.45, 7) is 0.369. The van der Waals surface area contributed by atoms with Crippen molar-refractivity contribution in [3.8, 4) is 0 Å². The van der Waals surface area contributed by atoms with E-state index in [1.54, 1.807) is 24.3 Å². The molecule has 0 saturated heterocycles. The minimum atomic E-state index is -0.631. The Hall–Kier alpha value is -1.91. The highest BCUT2D eigenvalue weighted by molar-refractivity contribution is 6.66. The second-order valence-corrected chi connectivity index (χ2v) is 4.21. The molecule has 5 heteroatoms. The van der Waals surface area contributed by atoms with Gasteiger partial charge in [-0.25, -0.2) is 14.8 Å². The van der Waals surface area contributed by atoms with E-state index in [1.807, 2.05) is 18.2 Å². The van der Waals surface area contributed by atoms with Crippen LogP contribution in [-0.2, 0) is 6.54 Å². The molecule has 1 N–H and O–H groups in total. The number of benzene rings is 2. The normalized spacial score (nSPS) is 10.2. The van der Waals surface area contributed by atoms with Crippen molar-refractivity contribution in [1.82, 2.24) is 5.43 Å². The molecule has 0 fully saturated rings. The van der Waals surface area contributed by atoms with Crippen LogP contribution < -0.4 is 10.4 Å². The van der Waals surface area contributed by atoms with Crippen molar-refractivity contribution in [1.29, 1.82) is 0 Å². The molecule has 0 unspecified atom stereocenters. The van der Waals surface area contributed by atoms with E-state index in [-0.39, 0.29) is 5.82 Å². The Bertz CT molecular complexity index is 545. The zero-order valence-corrected chi connectivity index (χ0v) is 10.8. The van der Waals surface area contributed by atoms with E-state index in [1.165, 1.54) is 17.1 Å². The third-order valence-electron chi connectivity index (χ3n) is 2.54. The van der Waals surface area contributed by atoms with Gasteiger partial charge in [-0.05, 0) is 41.4 Å². The number of hydrogen-bond acceptors (Lipinski definition) is 2. The number of anilines is 1. The Labute approximate surface area is 115 Å². The van der Waals surface area contributed by atoms with Crippen molar-refractivity contribution in [3.63, 3.8) is 0 Å². The number of para-hydroxylation sites is 1. The zero-order valence-electron chi connectivity index (χ0n) is 10.0. The van der Waals surface area contributed by atoms with Crippen LogP contribution in [-0.4, -0.2) is 5.37 Å². The molecule has 3 nitrogen and oxygen atoms in total. The molecule has 0 atom stereocenters. The third kappa shape index (κ3) is 3.77. The minimum absolute atomic E-state index is 0.294.